The zero-order valence-electron chi connectivity index (χ0n) is 19.4. The second-order valence-corrected chi connectivity index (χ2v) is 10.2. The molecule has 8 heteroatoms. The van der Waals surface area contributed by atoms with E-state index in [-0.39, 0.29) is 22.8 Å². The van der Waals surface area contributed by atoms with Crippen LogP contribution in [0.3, 0.4) is 0 Å². The van der Waals surface area contributed by atoms with Crippen molar-refractivity contribution >= 4 is 22.3 Å². The summed E-state index contributed by atoms with van der Waals surface area (Å²) in [5, 5.41) is 4.31. The van der Waals surface area contributed by atoms with E-state index in [0.29, 0.717) is 36.1 Å². The molecule has 0 spiro atoms. The minimum atomic E-state index is -0.424. The van der Waals surface area contributed by atoms with Gasteiger partial charge in [-0.15, -0.1) is 0 Å². The lowest BCUT2D eigenvalue weighted by atomic mass is 9.95. The van der Waals surface area contributed by atoms with Crippen LogP contribution >= 0.6 is 0 Å². The Labute approximate surface area is 194 Å². The highest BCUT2D eigenvalue weighted by Crippen LogP contribution is 2.39. The summed E-state index contributed by atoms with van der Waals surface area (Å²) in [4.78, 5) is 18.7. The minimum Gasteiger partial charge on any atom is -0.461 e. The van der Waals surface area contributed by atoms with Crippen LogP contribution in [0.4, 0.5) is 10.2 Å². The lowest BCUT2D eigenvalue weighted by Crippen LogP contribution is -2.51. The van der Waals surface area contributed by atoms with Gasteiger partial charge in [0.1, 0.15) is 23.6 Å². The number of pyridine rings is 1. The molecule has 176 valence electrons. The molecule has 0 radical (unpaired) electrons. The Morgan fingerprint density at radius 1 is 1.21 bits per heavy atom. The summed E-state index contributed by atoms with van der Waals surface area (Å²) in [6, 6.07) is 1.16. The predicted octanol–water partition coefficient (Wildman–Crippen LogP) is 3.53. The van der Waals surface area contributed by atoms with Crippen LogP contribution in [0.2, 0.25) is 0 Å². The van der Waals surface area contributed by atoms with Crippen molar-refractivity contribution in [3.8, 4) is 6.01 Å². The number of anilines is 1. The van der Waals surface area contributed by atoms with Crippen LogP contribution in [0.15, 0.2) is 12.8 Å². The van der Waals surface area contributed by atoms with Crippen molar-refractivity contribution in [1.29, 1.82) is 0 Å². The van der Waals surface area contributed by atoms with Crippen molar-refractivity contribution < 1.29 is 9.13 Å². The molecule has 0 amide bonds. The minimum absolute atomic E-state index is 0.0884. The van der Waals surface area contributed by atoms with E-state index in [9.17, 15) is 0 Å². The maximum Gasteiger partial charge on any atom is 0.319 e. The number of hydrogen-bond acceptors (Lipinski definition) is 7. The molecule has 1 N–H and O–H groups in total. The molecule has 4 aliphatic heterocycles. The van der Waals surface area contributed by atoms with Crippen molar-refractivity contribution in [2.24, 2.45) is 0 Å². The normalized spacial score (nSPS) is 26.2. The Kier molecular flexibility index (Phi) is 5.25. The van der Waals surface area contributed by atoms with Crippen molar-refractivity contribution in [1.82, 2.24) is 25.2 Å². The molecule has 2 unspecified atom stereocenters. The third kappa shape index (κ3) is 3.58. The van der Waals surface area contributed by atoms with Crippen LogP contribution in [0.25, 0.3) is 16.5 Å². The van der Waals surface area contributed by atoms with E-state index >= 15 is 4.39 Å². The maximum absolute atomic E-state index is 15.6. The number of aromatic nitrogens is 3. The Hall–Kier alpha value is -2.32. The average Bonchev–Trinajstić information content (AvgIpc) is 3.51. The topological polar surface area (TPSA) is 66.4 Å². The highest BCUT2D eigenvalue weighted by atomic mass is 19.1. The van der Waals surface area contributed by atoms with Gasteiger partial charge in [0, 0.05) is 31.4 Å². The first-order chi connectivity index (χ1) is 16.1. The van der Waals surface area contributed by atoms with E-state index in [1.807, 2.05) is 6.92 Å². The van der Waals surface area contributed by atoms with Gasteiger partial charge in [0.2, 0.25) is 0 Å². The molecule has 2 atom stereocenters. The second-order valence-electron chi connectivity index (χ2n) is 10.2. The number of piperazine rings is 1. The Morgan fingerprint density at radius 2 is 1.94 bits per heavy atom. The van der Waals surface area contributed by atoms with Gasteiger partial charge in [0.15, 0.2) is 5.82 Å². The lowest BCUT2D eigenvalue weighted by molar-refractivity contribution is 0.108. The van der Waals surface area contributed by atoms with E-state index in [4.69, 9.17) is 9.72 Å². The first kappa shape index (κ1) is 21.2. The molecule has 2 bridgehead atoms. The molecule has 7 nitrogen and oxygen atoms in total. The van der Waals surface area contributed by atoms with Crippen molar-refractivity contribution in [2.75, 3.05) is 37.7 Å². The van der Waals surface area contributed by atoms with Crippen LogP contribution < -0.4 is 15.0 Å². The second kappa shape index (κ2) is 8.17. The molecule has 0 aliphatic carbocycles. The molecular formula is C25H33FN6O. The van der Waals surface area contributed by atoms with Crippen LogP contribution in [0.1, 0.15) is 57.6 Å². The highest BCUT2D eigenvalue weighted by Gasteiger charge is 2.45. The standard InChI is InChI=1S/C25H33FN6O/c1-3-16(2)21-20(26)22-19(12-27-21)23(31-13-17-6-7-18(14-31)28-17)30-24(29-22)33-15-25-8-4-10-32(25)11-5-9-25/h12,17-18,28H,2-11,13-15H2,1H3. The van der Waals surface area contributed by atoms with Crippen LogP contribution in [0, 0.1) is 5.82 Å². The summed E-state index contributed by atoms with van der Waals surface area (Å²) in [5.74, 6) is 0.313. The van der Waals surface area contributed by atoms with E-state index in [1.54, 1.807) is 6.20 Å². The molecule has 33 heavy (non-hydrogen) atoms. The van der Waals surface area contributed by atoms with E-state index < -0.39 is 5.82 Å². The SMILES string of the molecule is C=C(CC)c1ncc2c(N3CC4CCC(C3)N4)nc(OCC34CCCN3CCC4)nc2c1F. The number of hydrogen-bond donors (Lipinski definition) is 1. The van der Waals surface area contributed by atoms with Gasteiger partial charge in [0.05, 0.1) is 10.9 Å². The van der Waals surface area contributed by atoms with Crippen LogP contribution in [-0.4, -0.2) is 70.3 Å². The Bertz CT molecular complexity index is 1070. The number of halogens is 1. The van der Waals surface area contributed by atoms with Gasteiger partial charge in [-0.05, 0) is 63.6 Å². The van der Waals surface area contributed by atoms with E-state index in [1.165, 1.54) is 25.7 Å². The largest absolute Gasteiger partial charge is 0.461 e. The third-order valence-corrected chi connectivity index (χ3v) is 8.20. The zero-order valence-corrected chi connectivity index (χ0v) is 19.4. The van der Waals surface area contributed by atoms with E-state index in [2.05, 4.69) is 31.7 Å². The fourth-order valence-electron chi connectivity index (χ4n) is 6.37. The third-order valence-electron chi connectivity index (χ3n) is 8.20. The highest BCUT2D eigenvalue weighted by molar-refractivity contribution is 5.91. The number of nitrogens with zero attached hydrogens (tertiary/aromatic N) is 5. The quantitative estimate of drug-likeness (QED) is 0.719. The summed E-state index contributed by atoms with van der Waals surface area (Å²) in [5.41, 5.74) is 1.33. The Morgan fingerprint density at radius 3 is 2.64 bits per heavy atom. The molecule has 6 heterocycles. The van der Waals surface area contributed by atoms with Crippen molar-refractivity contribution in [2.45, 2.75) is 69.5 Å². The summed E-state index contributed by atoms with van der Waals surface area (Å²) >= 11 is 0. The summed E-state index contributed by atoms with van der Waals surface area (Å²) < 4.78 is 21.9. The molecule has 4 fully saturated rings. The van der Waals surface area contributed by atoms with Crippen LogP contribution in [-0.2, 0) is 0 Å². The molecular weight excluding hydrogens is 419 g/mol. The summed E-state index contributed by atoms with van der Waals surface area (Å²) in [7, 11) is 0. The van der Waals surface area contributed by atoms with Gasteiger partial charge in [-0.1, -0.05) is 13.5 Å². The molecule has 4 aliphatic rings. The monoisotopic (exact) mass is 452 g/mol. The number of allylic oxidation sites excluding steroid dienone is 1. The molecule has 6 rings (SSSR count). The molecule has 0 saturated carbocycles. The van der Waals surface area contributed by atoms with Gasteiger partial charge < -0.3 is 15.0 Å². The number of fused-ring (bicyclic) bond motifs is 4. The van der Waals surface area contributed by atoms with Crippen molar-refractivity contribution in [3.05, 3.63) is 24.3 Å². The molecule has 0 aromatic carbocycles. The van der Waals surface area contributed by atoms with Gasteiger partial charge in [-0.25, -0.2) is 4.39 Å². The fourth-order valence-corrected chi connectivity index (χ4v) is 6.37. The number of nitrogens with one attached hydrogen (secondary N) is 1. The average molecular weight is 453 g/mol. The zero-order chi connectivity index (χ0) is 22.6. The van der Waals surface area contributed by atoms with Gasteiger partial charge >= 0.3 is 6.01 Å². The molecule has 4 saturated heterocycles. The van der Waals surface area contributed by atoms with Gasteiger partial charge in [0.25, 0.3) is 0 Å². The van der Waals surface area contributed by atoms with Gasteiger partial charge in [-0.3, -0.25) is 9.88 Å². The predicted molar refractivity (Wildman–Crippen MR) is 127 cm³/mol. The molecule has 2 aromatic rings. The number of ether oxygens (including phenoxy) is 1. The fraction of sp³-hybridized carbons (Fsp3) is 0.640. The van der Waals surface area contributed by atoms with Crippen molar-refractivity contribution in [3.63, 3.8) is 0 Å². The maximum atomic E-state index is 15.6. The van der Waals surface area contributed by atoms with Crippen LogP contribution in [0.5, 0.6) is 6.01 Å². The first-order valence-corrected chi connectivity index (χ1v) is 12.5. The molecule has 2 aromatic heterocycles. The Balaban J connectivity index is 1.39. The smallest absolute Gasteiger partial charge is 0.319 e. The first-order valence-electron chi connectivity index (χ1n) is 12.5. The number of rotatable bonds is 6. The lowest BCUT2D eigenvalue weighted by Gasteiger charge is -2.34. The summed E-state index contributed by atoms with van der Waals surface area (Å²) in [6.45, 7) is 10.5. The van der Waals surface area contributed by atoms with E-state index in [0.717, 1.165) is 44.8 Å². The summed E-state index contributed by atoms with van der Waals surface area (Å²) in [6.07, 6.45) is 9.39. The van der Waals surface area contributed by atoms with Gasteiger partial charge in [-0.2, -0.15) is 9.97 Å².